The Morgan fingerprint density at radius 2 is 1.81 bits per heavy atom. The van der Waals surface area contributed by atoms with Crippen molar-refractivity contribution < 1.29 is 14.0 Å². The van der Waals surface area contributed by atoms with Crippen molar-refractivity contribution >= 4 is 20.2 Å². The summed E-state index contributed by atoms with van der Waals surface area (Å²) in [5.41, 5.74) is 12.1. The zero-order chi connectivity index (χ0) is 20.7. The fraction of sp³-hybridized carbons (Fsp3) is 0.765. The van der Waals surface area contributed by atoms with E-state index in [0.717, 1.165) is 44.2 Å². The summed E-state index contributed by atoms with van der Waals surface area (Å²) < 4.78 is 15.0. The van der Waals surface area contributed by atoms with Gasteiger partial charge < -0.3 is 16.8 Å². The lowest BCUT2D eigenvalue weighted by Crippen LogP contribution is -2.46. The van der Waals surface area contributed by atoms with E-state index in [1.807, 2.05) is 0 Å². The van der Waals surface area contributed by atoms with Gasteiger partial charge in [0.15, 0.2) is 12.7 Å². The largest absolute Gasteiger partial charge is 0.696 e. The zero-order valence-corrected chi connectivity index (χ0v) is 17.7. The van der Waals surface area contributed by atoms with E-state index in [1.165, 1.54) is 0 Å². The molecule has 0 rings (SSSR count). The van der Waals surface area contributed by atoms with Gasteiger partial charge in [0.25, 0.3) is 0 Å². The molecule has 7 N–H and O–H groups in total. The van der Waals surface area contributed by atoms with Gasteiger partial charge in [0, 0.05) is 22.2 Å². The molecule has 0 saturated carbocycles. The summed E-state index contributed by atoms with van der Waals surface area (Å²) in [7, 11) is -2.71. The second-order valence-corrected chi connectivity index (χ2v) is 7.20. The summed E-state index contributed by atoms with van der Waals surface area (Å²) in [5, 5.41) is 6.08. The summed E-state index contributed by atoms with van der Waals surface area (Å²) in [6.07, 6.45) is 5.95. The molecule has 10 heteroatoms. The maximum absolute atomic E-state index is 10.5. The molecule has 156 valence electrons. The van der Waals surface area contributed by atoms with Gasteiger partial charge in [0.2, 0.25) is 5.96 Å². The Kier molecular flexibility index (Phi) is 13.7. The highest BCUT2D eigenvalue weighted by molar-refractivity contribution is 7.32. The van der Waals surface area contributed by atoms with Crippen LogP contribution < -0.4 is 22.1 Å². The lowest BCUT2D eigenvalue weighted by Gasteiger charge is -2.30. The number of guanidine groups is 2. The monoisotopic (exact) mass is 403 g/mol. The van der Waals surface area contributed by atoms with Crippen LogP contribution in [0.1, 0.15) is 59.3 Å². The Morgan fingerprint density at radius 3 is 2.37 bits per heavy atom. The van der Waals surface area contributed by atoms with E-state index >= 15 is 0 Å². The quantitative estimate of drug-likeness (QED) is 0.137. The summed E-state index contributed by atoms with van der Waals surface area (Å²) in [4.78, 5) is 17.0. The van der Waals surface area contributed by atoms with Gasteiger partial charge in [0.1, 0.15) is 0 Å². The maximum Gasteiger partial charge on any atom is 0.696 e. The Morgan fingerprint density at radius 1 is 1.19 bits per heavy atom. The number of nitrogens with two attached hydrogens (primary N) is 2. The highest BCUT2D eigenvalue weighted by Gasteiger charge is 2.24. The van der Waals surface area contributed by atoms with Crippen molar-refractivity contribution in [3.8, 4) is 0 Å². The summed E-state index contributed by atoms with van der Waals surface area (Å²) in [6.45, 7) is 11.5. The molecule has 1 unspecified atom stereocenters. The molecule has 0 aromatic rings. The number of rotatable bonds is 13. The summed E-state index contributed by atoms with van der Waals surface area (Å²) in [6, 6.07) is 0. The van der Waals surface area contributed by atoms with Gasteiger partial charge in [-0.05, 0) is 32.2 Å². The van der Waals surface area contributed by atoms with E-state index in [-0.39, 0.29) is 18.1 Å². The third-order valence-corrected chi connectivity index (χ3v) is 4.93. The lowest BCUT2D eigenvalue weighted by molar-refractivity contribution is 0.291. The second kappa shape index (κ2) is 14.5. The fourth-order valence-corrected chi connectivity index (χ4v) is 2.35. The molecule has 1 atom stereocenters. The van der Waals surface area contributed by atoms with Gasteiger partial charge in [-0.1, -0.05) is 44.7 Å². The number of unbranched alkanes of at least 4 members (excludes halogenated alkanes) is 3. The molecule has 0 radical (unpaired) electrons. The average Bonchev–Trinajstić information content (AvgIpc) is 2.63. The smallest absolute Gasteiger partial charge is 0.370 e. The van der Waals surface area contributed by atoms with Crippen LogP contribution in [0.3, 0.4) is 0 Å². The Labute approximate surface area is 163 Å². The minimum absolute atomic E-state index is 0.0312. The van der Waals surface area contributed by atoms with Gasteiger partial charge in [-0.3, -0.25) is 10.3 Å². The molecule has 0 aliphatic rings. The molecule has 0 heterocycles. The molecule has 0 fully saturated rings. The molecule has 0 amide bonds. The molecule has 0 aliphatic carbocycles. The SMILES string of the molecule is C=C(NC(=NCCCCCCN)NC(N)=NCO[P+](=O)O)C(C)(CC)CC. The number of hydrogen-bond acceptors (Lipinski definition) is 5. The fourth-order valence-electron chi connectivity index (χ4n) is 2.19. The topological polar surface area (TPSA) is 147 Å². The van der Waals surface area contributed by atoms with Crippen molar-refractivity contribution in [1.29, 1.82) is 0 Å². The van der Waals surface area contributed by atoms with Crippen LogP contribution in [0.15, 0.2) is 22.3 Å². The molecule has 0 spiro atoms. The lowest BCUT2D eigenvalue weighted by atomic mass is 9.82. The summed E-state index contributed by atoms with van der Waals surface area (Å²) in [5.74, 6) is 0.477. The number of nitrogens with one attached hydrogen (secondary N) is 2. The minimum Gasteiger partial charge on any atom is -0.370 e. The predicted molar refractivity (Wildman–Crippen MR) is 111 cm³/mol. The highest BCUT2D eigenvalue weighted by atomic mass is 31.1. The Balaban J connectivity index is 4.93. The van der Waals surface area contributed by atoms with Crippen molar-refractivity contribution in [3.05, 3.63) is 12.3 Å². The molecule has 0 aliphatic heterocycles. The maximum atomic E-state index is 10.5. The van der Waals surface area contributed by atoms with Crippen LogP contribution in [0, 0.1) is 5.41 Å². The first-order valence-corrected chi connectivity index (χ1v) is 10.5. The first-order chi connectivity index (χ1) is 12.8. The van der Waals surface area contributed by atoms with Crippen molar-refractivity contribution in [2.75, 3.05) is 19.8 Å². The van der Waals surface area contributed by atoms with Crippen LogP contribution >= 0.6 is 8.25 Å². The van der Waals surface area contributed by atoms with Crippen LogP contribution in [-0.4, -0.2) is 36.6 Å². The van der Waals surface area contributed by atoms with E-state index < -0.39 is 8.25 Å². The van der Waals surface area contributed by atoms with Crippen molar-refractivity contribution in [1.82, 2.24) is 10.6 Å². The molecule has 0 bridgehead atoms. The average molecular weight is 403 g/mol. The van der Waals surface area contributed by atoms with Crippen LogP contribution in [0.25, 0.3) is 0 Å². The Bertz CT molecular complexity index is 521. The molecule has 0 saturated heterocycles. The standard InChI is InChI=1S/C17H35N6O3P/c1-5-17(4,6-2)14(3)22-16(20-12-10-8-7-9-11-18)23-15(19)21-13-26-27(24)25/h3,5-13,18H2,1-2,4H3,(H4-,19,20,21,22,23,24,25)/p+1. The molecule has 0 aromatic carbocycles. The minimum atomic E-state index is -2.71. The first-order valence-electron chi connectivity index (χ1n) is 9.36. The number of aliphatic imine (C=N–C) groups is 2. The summed E-state index contributed by atoms with van der Waals surface area (Å²) >= 11 is 0. The zero-order valence-electron chi connectivity index (χ0n) is 16.8. The number of allylic oxidation sites excluding steroid dienone is 1. The van der Waals surface area contributed by atoms with Crippen molar-refractivity contribution in [2.24, 2.45) is 26.9 Å². The molecule has 9 nitrogen and oxygen atoms in total. The van der Waals surface area contributed by atoms with Gasteiger partial charge in [-0.25, -0.2) is 4.99 Å². The van der Waals surface area contributed by atoms with Gasteiger partial charge in [-0.15, -0.1) is 4.89 Å². The molecule has 0 aromatic heterocycles. The number of hydrogen-bond donors (Lipinski definition) is 5. The van der Waals surface area contributed by atoms with Crippen LogP contribution in [0.5, 0.6) is 0 Å². The molecular weight excluding hydrogens is 367 g/mol. The predicted octanol–water partition coefficient (Wildman–Crippen LogP) is 2.32. The van der Waals surface area contributed by atoms with Gasteiger partial charge in [0.05, 0.1) is 0 Å². The van der Waals surface area contributed by atoms with E-state index in [0.29, 0.717) is 19.0 Å². The highest BCUT2D eigenvalue weighted by Crippen LogP contribution is 2.31. The van der Waals surface area contributed by atoms with E-state index in [4.69, 9.17) is 16.4 Å². The van der Waals surface area contributed by atoms with Crippen LogP contribution in [-0.2, 0) is 9.09 Å². The first kappa shape index (κ1) is 25.5. The van der Waals surface area contributed by atoms with E-state index in [9.17, 15) is 4.57 Å². The Hall–Kier alpha value is -1.54. The van der Waals surface area contributed by atoms with E-state index in [2.05, 4.69) is 52.5 Å². The molecular formula is C17H36N6O3P+. The van der Waals surface area contributed by atoms with Gasteiger partial charge >= 0.3 is 8.25 Å². The normalized spacial score (nSPS) is 13.4. The third-order valence-electron chi connectivity index (χ3n) is 4.59. The van der Waals surface area contributed by atoms with Gasteiger partial charge in [-0.2, -0.15) is 0 Å². The number of nitrogens with zero attached hydrogens (tertiary/aromatic N) is 2. The van der Waals surface area contributed by atoms with Crippen molar-refractivity contribution in [3.63, 3.8) is 0 Å². The third kappa shape index (κ3) is 11.7. The van der Waals surface area contributed by atoms with Crippen molar-refractivity contribution in [2.45, 2.75) is 59.3 Å². The second-order valence-electron chi connectivity index (χ2n) is 6.47. The van der Waals surface area contributed by atoms with Crippen LogP contribution in [0.4, 0.5) is 0 Å². The van der Waals surface area contributed by atoms with E-state index in [1.54, 1.807) is 0 Å². The molecule has 27 heavy (non-hydrogen) atoms. The van der Waals surface area contributed by atoms with Crippen LogP contribution in [0.2, 0.25) is 0 Å².